The molecule has 1 aliphatic heterocycles. The van der Waals surface area contributed by atoms with Crippen LogP contribution in [0.15, 0.2) is 54.6 Å². The van der Waals surface area contributed by atoms with Gasteiger partial charge in [0.25, 0.3) is 0 Å². The molecule has 24 heavy (non-hydrogen) atoms. The lowest BCUT2D eigenvalue weighted by atomic mass is 9.76. The highest BCUT2D eigenvalue weighted by atomic mass is 19.4. The maximum Gasteiger partial charge on any atom is 0.433 e. The van der Waals surface area contributed by atoms with Crippen molar-refractivity contribution in [3.8, 4) is 5.75 Å². The predicted molar refractivity (Wildman–Crippen MR) is 80.6 cm³/mol. The summed E-state index contributed by atoms with van der Waals surface area (Å²) in [6.45, 7) is 0. The number of esters is 1. The average molecular weight is 336 g/mol. The van der Waals surface area contributed by atoms with Crippen LogP contribution in [0.4, 0.5) is 13.2 Å². The minimum absolute atomic E-state index is 0.0795. The van der Waals surface area contributed by atoms with Crippen LogP contribution in [0.3, 0.4) is 0 Å². The van der Waals surface area contributed by atoms with Crippen molar-refractivity contribution >= 4 is 5.97 Å². The average Bonchev–Trinajstić information content (AvgIpc) is 2.94. The number of rotatable bonds is 3. The second kappa shape index (κ2) is 5.85. The highest BCUT2D eigenvalue weighted by Crippen LogP contribution is 2.56. The highest BCUT2D eigenvalue weighted by Gasteiger charge is 2.67. The van der Waals surface area contributed by atoms with E-state index in [1.54, 1.807) is 18.2 Å². The van der Waals surface area contributed by atoms with Crippen LogP contribution in [0.25, 0.3) is 0 Å². The lowest BCUT2D eigenvalue weighted by Gasteiger charge is -2.35. The number of carbonyl (C=O) groups excluding carboxylic acids is 1. The summed E-state index contributed by atoms with van der Waals surface area (Å²) >= 11 is 0. The molecule has 0 spiro atoms. The third kappa shape index (κ3) is 2.52. The van der Waals surface area contributed by atoms with Crippen LogP contribution in [0.5, 0.6) is 5.75 Å². The number of methoxy groups -OCH3 is 1. The molecule has 2 aromatic carbocycles. The molecule has 0 N–H and O–H groups in total. The van der Waals surface area contributed by atoms with Gasteiger partial charge in [-0.2, -0.15) is 13.2 Å². The molecule has 0 saturated carbocycles. The minimum Gasteiger partial charge on any atom is -0.497 e. The second-order valence-electron chi connectivity index (χ2n) is 5.60. The molecule has 0 unspecified atom stereocenters. The zero-order chi connectivity index (χ0) is 17.4. The maximum absolute atomic E-state index is 14.1. The first-order valence-electron chi connectivity index (χ1n) is 7.36. The van der Waals surface area contributed by atoms with Gasteiger partial charge in [-0.3, -0.25) is 4.79 Å². The van der Waals surface area contributed by atoms with E-state index in [0.717, 1.165) is 0 Å². The third-order valence-electron chi connectivity index (χ3n) is 4.28. The Kier molecular flexibility index (Phi) is 3.99. The van der Waals surface area contributed by atoms with Gasteiger partial charge >= 0.3 is 12.1 Å². The monoisotopic (exact) mass is 336 g/mol. The Morgan fingerprint density at radius 3 is 2.25 bits per heavy atom. The zero-order valence-corrected chi connectivity index (χ0v) is 12.8. The summed E-state index contributed by atoms with van der Waals surface area (Å²) < 4.78 is 52.1. The fraction of sp³-hybridized carbons (Fsp3) is 0.278. The Bertz CT molecular complexity index is 725. The van der Waals surface area contributed by atoms with Gasteiger partial charge in [-0.15, -0.1) is 0 Å². The predicted octanol–water partition coefficient (Wildman–Crippen LogP) is 4.18. The van der Waals surface area contributed by atoms with Gasteiger partial charge in [0.05, 0.1) is 13.5 Å². The van der Waals surface area contributed by atoms with Gasteiger partial charge in [-0.25, -0.2) is 0 Å². The van der Waals surface area contributed by atoms with Gasteiger partial charge in [0, 0.05) is 11.5 Å². The van der Waals surface area contributed by atoms with Crippen LogP contribution in [0.2, 0.25) is 0 Å². The smallest absolute Gasteiger partial charge is 0.433 e. The molecule has 0 radical (unpaired) electrons. The first kappa shape index (κ1) is 16.4. The molecule has 2 aromatic rings. The lowest BCUT2D eigenvalue weighted by Crippen LogP contribution is -2.46. The number of carbonyl (C=O) groups is 1. The van der Waals surface area contributed by atoms with E-state index < -0.39 is 23.7 Å². The summed E-state index contributed by atoms with van der Waals surface area (Å²) in [5.74, 6) is -1.49. The fourth-order valence-corrected chi connectivity index (χ4v) is 3.16. The van der Waals surface area contributed by atoms with Gasteiger partial charge in [0.1, 0.15) is 5.75 Å². The number of ether oxygens (including phenoxy) is 2. The molecular weight excluding hydrogens is 321 g/mol. The number of benzene rings is 2. The number of alkyl halides is 3. The summed E-state index contributed by atoms with van der Waals surface area (Å²) in [6, 6.07) is 13.5. The van der Waals surface area contributed by atoms with Crippen molar-refractivity contribution in [2.45, 2.75) is 24.1 Å². The zero-order valence-electron chi connectivity index (χ0n) is 12.8. The van der Waals surface area contributed by atoms with E-state index in [2.05, 4.69) is 0 Å². The van der Waals surface area contributed by atoms with Crippen LogP contribution in [0, 0.1) is 0 Å². The van der Waals surface area contributed by atoms with Gasteiger partial charge in [0.15, 0.2) is 0 Å². The summed E-state index contributed by atoms with van der Waals surface area (Å²) in [4.78, 5) is 11.8. The Morgan fingerprint density at radius 2 is 1.71 bits per heavy atom. The van der Waals surface area contributed by atoms with Crippen LogP contribution in [-0.2, 0) is 15.1 Å². The number of cyclic esters (lactones) is 1. The fourth-order valence-electron chi connectivity index (χ4n) is 3.16. The Balaban J connectivity index is 2.16. The minimum atomic E-state index is -4.74. The molecule has 0 aliphatic carbocycles. The van der Waals surface area contributed by atoms with E-state index in [1.165, 1.54) is 43.5 Å². The Morgan fingerprint density at radius 1 is 1.08 bits per heavy atom. The number of halogens is 3. The molecule has 126 valence electrons. The molecule has 1 saturated heterocycles. The van der Waals surface area contributed by atoms with Crippen molar-refractivity contribution in [1.82, 2.24) is 0 Å². The van der Waals surface area contributed by atoms with Gasteiger partial charge < -0.3 is 9.47 Å². The standard InChI is InChI=1S/C18H15F3O3/c1-23-14-9-7-12(8-10-14)15-11-16(22)24-17(15,18(19,20)21)13-5-3-2-4-6-13/h2-10,15H,11H2,1H3/t15-,17-/m1/s1. The summed E-state index contributed by atoms with van der Waals surface area (Å²) in [5, 5.41) is 0. The van der Waals surface area contributed by atoms with Crippen molar-refractivity contribution < 1.29 is 27.4 Å². The van der Waals surface area contributed by atoms with Crippen LogP contribution in [0.1, 0.15) is 23.5 Å². The molecule has 6 heteroatoms. The SMILES string of the molecule is COc1ccc([C@H]2CC(=O)O[C@@]2(c2ccccc2)C(F)(F)F)cc1. The molecule has 1 heterocycles. The third-order valence-corrected chi connectivity index (χ3v) is 4.28. The first-order chi connectivity index (χ1) is 11.4. The van der Waals surface area contributed by atoms with Crippen LogP contribution in [-0.4, -0.2) is 19.3 Å². The van der Waals surface area contributed by atoms with E-state index in [9.17, 15) is 18.0 Å². The molecule has 2 atom stereocenters. The van der Waals surface area contributed by atoms with Crippen molar-refractivity contribution in [3.05, 3.63) is 65.7 Å². The first-order valence-corrected chi connectivity index (χ1v) is 7.36. The Hall–Kier alpha value is -2.50. The Labute approximate surface area is 137 Å². The summed E-state index contributed by atoms with van der Waals surface area (Å²) in [5.41, 5.74) is -2.38. The van der Waals surface area contributed by atoms with E-state index in [0.29, 0.717) is 11.3 Å². The molecule has 1 fully saturated rings. The van der Waals surface area contributed by atoms with Gasteiger partial charge in [-0.1, -0.05) is 42.5 Å². The number of hydrogen-bond acceptors (Lipinski definition) is 3. The number of hydrogen-bond donors (Lipinski definition) is 0. The highest BCUT2D eigenvalue weighted by molar-refractivity contribution is 5.75. The van der Waals surface area contributed by atoms with E-state index in [-0.39, 0.29) is 12.0 Å². The molecule has 3 nitrogen and oxygen atoms in total. The van der Waals surface area contributed by atoms with Crippen molar-refractivity contribution in [3.63, 3.8) is 0 Å². The van der Waals surface area contributed by atoms with Crippen LogP contribution < -0.4 is 4.74 Å². The van der Waals surface area contributed by atoms with E-state index in [4.69, 9.17) is 9.47 Å². The van der Waals surface area contributed by atoms with E-state index in [1.807, 2.05) is 0 Å². The van der Waals surface area contributed by atoms with Crippen molar-refractivity contribution in [2.24, 2.45) is 0 Å². The van der Waals surface area contributed by atoms with E-state index >= 15 is 0 Å². The lowest BCUT2D eigenvalue weighted by molar-refractivity contribution is -0.269. The van der Waals surface area contributed by atoms with Gasteiger partial charge in [-0.05, 0) is 17.7 Å². The largest absolute Gasteiger partial charge is 0.497 e. The normalized spacial score (nSPS) is 23.8. The summed E-state index contributed by atoms with van der Waals surface area (Å²) in [7, 11) is 1.47. The molecular formula is C18H15F3O3. The maximum atomic E-state index is 14.1. The molecule has 0 aromatic heterocycles. The molecule has 3 rings (SSSR count). The van der Waals surface area contributed by atoms with Gasteiger partial charge in [0.2, 0.25) is 5.60 Å². The van der Waals surface area contributed by atoms with Crippen molar-refractivity contribution in [2.75, 3.05) is 7.11 Å². The topological polar surface area (TPSA) is 35.5 Å². The molecule has 0 bridgehead atoms. The quantitative estimate of drug-likeness (QED) is 0.789. The molecule has 0 amide bonds. The second-order valence-corrected chi connectivity index (χ2v) is 5.60. The van der Waals surface area contributed by atoms with Crippen LogP contribution >= 0.6 is 0 Å². The molecule has 1 aliphatic rings. The van der Waals surface area contributed by atoms with Crippen molar-refractivity contribution in [1.29, 1.82) is 0 Å². The summed E-state index contributed by atoms with van der Waals surface area (Å²) in [6.07, 6.45) is -5.08.